The van der Waals surface area contributed by atoms with Crippen LogP contribution in [0.25, 0.3) is 5.70 Å². The Hall–Kier alpha value is -1.81. The molecule has 0 radical (unpaired) electrons. The highest BCUT2D eigenvalue weighted by Gasteiger charge is 2.30. The van der Waals surface area contributed by atoms with E-state index in [-0.39, 0.29) is 17.2 Å². The highest BCUT2D eigenvalue weighted by Crippen LogP contribution is 2.35. The van der Waals surface area contributed by atoms with Crippen molar-refractivity contribution in [1.29, 1.82) is 0 Å². The second-order valence-corrected chi connectivity index (χ2v) is 9.04. The number of ketones is 1. The van der Waals surface area contributed by atoms with E-state index < -0.39 is 0 Å². The first-order valence-corrected chi connectivity index (χ1v) is 10.2. The van der Waals surface area contributed by atoms with Crippen molar-refractivity contribution < 1.29 is 9.53 Å². The van der Waals surface area contributed by atoms with Gasteiger partial charge in [0.15, 0.2) is 5.78 Å². The quantitative estimate of drug-likeness (QED) is 0.790. The van der Waals surface area contributed by atoms with Gasteiger partial charge < -0.3 is 15.0 Å². The average molecular weight is 371 g/mol. The first-order chi connectivity index (χ1) is 12.8. The number of fused-ring (bicyclic) bond motifs is 1. The van der Waals surface area contributed by atoms with E-state index in [1.54, 1.807) is 7.11 Å². The minimum Gasteiger partial charge on any atom is -0.496 e. The lowest BCUT2D eigenvalue weighted by atomic mass is 9.82. The first kappa shape index (κ1) is 19.9. The van der Waals surface area contributed by atoms with Gasteiger partial charge in [-0.05, 0) is 64.9 Å². The van der Waals surface area contributed by atoms with Crippen molar-refractivity contribution in [2.75, 3.05) is 21.2 Å². The Bertz CT molecular complexity index is 728. The maximum Gasteiger partial charge on any atom is 0.160 e. The summed E-state index contributed by atoms with van der Waals surface area (Å²) in [5, 5.41) is 3.62. The molecule has 1 saturated carbocycles. The van der Waals surface area contributed by atoms with E-state index in [2.05, 4.69) is 50.3 Å². The summed E-state index contributed by atoms with van der Waals surface area (Å²) in [6.07, 6.45) is 8.49. The monoisotopic (exact) mass is 370 g/mol. The Kier molecular flexibility index (Phi) is 5.95. The molecule has 1 aliphatic heterocycles. The number of nitrogens with zero attached hydrogens (tertiary/aromatic N) is 1. The van der Waals surface area contributed by atoms with Gasteiger partial charge in [0.2, 0.25) is 0 Å². The summed E-state index contributed by atoms with van der Waals surface area (Å²) < 4.78 is 5.66. The molecule has 1 heterocycles. The van der Waals surface area contributed by atoms with E-state index in [1.165, 1.54) is 24.8 Å². The van der Waals surface area contributed by atoms with Gasteiger partial charge in [-0.2, -0.15) is 0 Å². The summed E-state index contributed by atoms with van der Waals surface area (Å²) in [6.45, 7) is 5.19. The molecule has 0 aromatic heterocycles. The number of hydrogen-bond acceptors (Lipinski definition) is 4. The Labute approximate surface area is 164 Å². The van der Waals surface area contributed by atoms with E-state index >= 15 is 0 Å². The molecule has 1 aliphatic carbocycles. The molecule has 1 N–H and O–H groups in total. The second-order valence-electron chi connectivity index (χ2n) is 9.04. The maximum absolute atomic E-state index is 12.9. The third kappa shape index (κ3) is 4.73. The molecule has 4 nitrogen and oxygen atoms in total. The molecule has 1 fully saturated rings. The lowest BCUT2D eigenvalue weighted by Gasteiger charge is -2.36. The number of benzene rings is 1. The van der Waals surface area contributed by atoms with Crippen LogP contribution < -0.4 is 10.1 Å². The number of methoxy groups -OCH3 is 1. The zero-order valence-corrected chi connectivity index (χ0v) is 17.5. The van der Waals surface area contributed by atoms with Gasteiger partial charge in [-0.1, -0.05) is 19.3 Å². The van der Waals surface area contributed by atoms with Gasteiger partial charge in [0.05, 0.1) is 7.11 Å². The number of ether oxygens (including phenoxy) is 1. The summed E-state index contributed by atoms with van der Waals surface area (Å²) in [5.74, 6) is 1.41. The number of rotatable bonds is 5. The van der Waals surface area contributed by atoms with Gasteiger partial charge in [-0.25, -0.2) is 0 Å². The molecule has 3 rings (SSSR count). The topological polar surface area (TPSA) is 41.6 Å². The third-order valence-electron chi connectivity index (χ3n) is 5.68. The van der Waals surface area contributed by atoms with Crippen LogP contribution in [0.2, 0.25) is 0 Å². The van der Waals surface area contributed by atoms with Crippen molar-refractivity contribution >= 4 is 11.5 Å². The van der Waals surface area contributed by atoms with Crippen molar-refractivity contribution in [1.82, 2.24) is 10.2 Å². The predicted molar refractivity (Wildman–Crippen MR) is 111 cm³/mol. The van der Waals surface area contributed by atoms with Crippen molar-refractivity contribution in [2.45, 2.75) is 64.5 Å². The molecule has 1 aromatic carbocycles. The van der Waals surface area contributed by atoms with Crippen molar-refractivity contribution in [3.8, 4) is 5.75 Å². The molecule has 2 aliphatic rings. The maximum atomic E-state index is 12.9. The summed E-state index contributed by atoms with van der Waals surface area (Å²) in [5.41, 5.74) is 4.44. The Morgan fingerprint density at radius 3 is 2.59 bits per heavy atom. The zero-order valence-electron chi connectivity index (χ0n) is 17.5. The molecule has 0 unspecified atom stereocenters. The fourth-order valence-electron chi connectivity index (χ4n) is 4.43. The Balaban J connectivity index is 2.00. The van der Waals surface area contributed by atoms with Gasteiger partial charge >= 0.3 is 0 Å². The van der Waals surface area contributed by atoms with E-state index in [9.17, 15) is 4.79 Å². The number of allylic oxidation sites excluding steroid dienone is 1. The largest absolute Gasteiger partial charge is 0.496 e. The van der Waals surface area contributed by atoms with Crippen LogP contribution in [0.5, 0.6) is 5.75 Å². The Morgan fingerprint density at radius 1 is 1.26 bits per heavy atom. The lowest BCUT2D eigenvalue weighted by molar-refractivity contribution is -0.119. The summed E-state index contributed by atoms with van der Waals surface area (Å²) in [6, 6.07) is 4.37. The van der Waals surface area contributed by atoms with Gasteiger partial charge in [-0.15, -0.1) is 0 Å². The third-order valence-corrected chi connectivity index (χ3v) is 5.68. The highest BCUT2D eigenvalue weighted by molar-refractivity contribution is 5.98. The van der Waals surface area contributed by atoms with E-state index in [4.69, 9.17) is 4.74 Å². The predicted octanol–water partition coefficient (Wildman–Crippen LogP) is 4.17. The first-order valence-electron chi connectivity index (χ1n) is 10.2. The van der Waals surface area contributed by atoms with Crippen LogP contribution in [0.15, 0.2) is 18.2 Å². The molecular formula is C23H34N2O2. The molecule has 0 atom stereocenters. The summed E-state index contributed by atoms with van der Waals surface area (Å²) in [7, 11) is 5.85. The molecule has 0 saturated heterocycles. The van der Waals surface area contributed by atoms with E-state index in [1.807, 2.05) is 6.08 Å². The van der Waals surface area contributed by atoms with Crippen LogP contribution in [0.3, 0.4) is 0 Å². The standard InChI is InChI=1S/C23H34N2O2/c1-23(2)14-17-12-22(27-5)18(15-25(3)4)11-19(17)20(24-23)13-21(26)16-9-7-6-8-10-16/h11-13,16,24H,6-10,14-15H2,1-5H3/b20-13-. The number of nitrogens with one attached hydrogen (secondary N) is 1. The van der Waals surface area contributed by atoms with E-state index in [0.29, 0.717) is 0 Å². The van der Waals surface area contributed by atoms with Crippen LogP contribution in [-0.4, -0.2) is 37.4 Å². The molecule has 4 heteroatoms. The second kappa shape index (κ2) is 8.05. The van der Waals surface area contributed by atoms with Gasteiger partial charge in [0, 0.05) is 40.9 Å². The normalized spacial score (nSPS) is 21.0. The molecular weight excluding hydrogens is 336 g/mol. The number of carbonyl (C=O) groups excluding carboxylic acids is 1. The van der Waals surface area contributed by atoms with Crippen LogP contribution >= 0.6 is 0 Å². The smallest absolute Gasteiger partial charge is 0.160 e. The molecule has 0 amide bonds. The SMILES string of the molecule is COc1cc2c(cc1CN(C)C)/C(=C/C(=O)C1CCCCC1)NC(C)(C)C2. The molecule has 0 spiro atoms. The van der Waals surface area contributed by atoms with Crippen molar-refractivity contribution in [2.24, 2.45) is 5.92 Å². The molecule has 1 aromatic rings. The molecule has 148 valence electrons. The minimum atomic E-state index is -0.0836. The number of hydrogen-bond donors (Lipinski definition) is 1. The molecule has 27 heavy (non-hydrogen) atoms. The van der Waals surface area contributed by atoms with Gasteiger partial charge in [0.25, 0.3) is 0 Å². The average Bonchev–Trinajstić information content (AvgIpc) is 2.61. The lowest BCUT2D eigenvalue weighted by Crippen LogP contribution is -2.44. The van der Waals surface area contributed by atoms with Crippen LogP contribution in [0.1, 0.15) is 62.6 Å². The van der Waals surface area contributed by atoms with Gasteiger partial charge in [-0.3, -0.25) is 4.79 Å². The summed E-state index contributed by atoms with van der Waals surface area (Å²) >= 11 is 0. The Morgan fingerprint density at radius 2 is 1.96 bits per heavy atom. The number of carbonyl (C=O) groups is 1. The zero-order chi connectivity index (χ0) is 19.6. The van der Waals surface area contributed by atoms with Crippen LogP contribution in [0, 0.1) is 5.92 Å². The highest BCUT2D eigenvalue weighted by atomic mass is 16.5. The van der Waals surface area contributed by atoms with E-state index in [0.717, 1.165) is 48.4 Å². The van der Waals surface area contributed by atoms with Crippen molar-refractivity contribution in [3.63, 3.8) is 0 Å². The minimum absolute atomic E-state index is 0.0836. The van der Waals surface area contributed by atoms with Crippen LogP contribution in [0.4, 0.5) is 0 Å². The fourth-order valence-corrected chi connectivity index (χ4v) is 4.43. The van der Waals surface area contributed by atoms with Crippen molar-refractivity contribution in [3.05, 3.63) is 34.9 Å². The fraction of sp³-hybridized carbons (Fsp3) is 0.609. The van der Waals surface area contributed by atoms with Gasteiger partial charge in [0.1, 0.15) is 5.75 Å². The summed E-state index contributed by atoms with van der Waals surface area (Å²) in [4.78, 5) is 15.1. The molecule has 0 bridgehead atoms. The van der Waals surface area contributed by atoms with Crippen LogP contribution in [-0.2, 0) is 17.8 Å².